The van der Waals surface area contributed by atoms with Gasteiger partial charge in [-0.15, -0.1) is 16.4 Å². The molecule has 3 aromatic rings. The molecule has 1 aromatic carbocycles. The highest BCUT2D eigenvalue weighted by molar-refractivity contribution is 7.12. The van der Waals surface area contributed by atoms with Crippen molar-refractivity contribution in [3.8, 4) is 11.5 Å². The largest absolute Gasteiger partial charge is 0.403 e. The second-order valence-corrected chi connectivity index (χ2v) is 6.15. The van der Waals surface area contributed by atoms with E-state index >= 15 is 0 Å². The minimum absolute atomic E-state index is 0.144. The average Bonchev–Trinajstić information content (AvgIpc) is 3.24. The molecule has 0 aliphatic carbocycles. The first-order valence-electron chi connectivity index (χ1n) is 7.43. The van der Waals surface area contributed by atoms with Gasteiger partial charge in [-0.3, -0.25) is 4.79 Å². The molecule has 3 rings (SSSR count). The Morgan fingerprint density at radius 3 is 2.62 bits per heavy atom. The third-order valence-corrected chi connectivity index (χ3v) is 4.24. The van der Waals surface area contributed by atoms with Crippen LogP contribution in [-0.4, -0.2) is 35.2 Å². The summed E-state index contributed by atoms with van der Waals surface area (Å²) in [6.45, 7) is 1.98. The summed E-state index contributed by atoms with van der Waals surface area (Å²) < 4.78 is 5.55. The first kappa shape index (κ1) is 16.1. The Bertz CT molecular complexity index is 838. The number of benzene rings is 1. The van der Waals surface area contributed by atoms with Gasteiger partial charge in [-0.1, -0.05) is 12.0 Å². The quantitative estimate of drug-likeness (QED) is 0.766. The molecule has 0 bridgehead atoms. The van der Waals surface area contributed by atoms with Gasteiger partial charge in [-0.25, -0.2) is 4.98 Å². The number of nitrogens with zero attached hydrogens (tertiary/aromatic N) is 4. The van der Waals surface area contributed by atoms with Crippen molar-refractivity contribution in [1.29, 1.82) is 0 Å². The van der Waals surface area contributed by atoms with Gasteiger partial charge in [0.05, 0.1) is 11.2 Å². The van der Waals surface area contributed by atoms with Crippen LogP contribution in [0.15, 0.2) is 34.2 Å². The summed E-state index contributed by atoms with van der Waals surface area (Å²) in [5.74, 6) is 0.294. The van der Waals surface area contributed by atoms with Crippen LogP contribution >= 0.6 is 11.3 Å². The third-order valence-electron chi connectivity index (χ3n) is 3.37. The average molecular weight is 343 g/mol. The lowest BCUT2D eigenvalue weighted by Gasteiger charge is -2.05. The van der Waals surface area contributed by atoms with E-state index in [9.17, 15) is 4.79 Å². The van der Waals surface area contributed by atoms with E-state index in [0.717, 1.165) is 17.7 Å². The fourth-order valence-electron chi connectivity index (χ4n) is 2.10. The zero-order chi connectivity index (χ0) is 17.1. The highest BCUT2D eigenvalue weighted by atomic mass is 32.1. The molecular formula is C16H17N5O2S. The monoisotopic (exact) mass is 343 g/mol. The Morgan fingerprint density at radius 2 is 2.00 bits per heavy atom. The summed E-state index contributed by atoms with van der Waals surface area (Å²) in [6, 6.07) is 7.71. The van der Waals surface area contributed by atoms with E-state index in [1.54, 1.807) is 22.5 Å². The summed E-state index contributed by atoms with van der Waals surface area (Å²) in [4.78, 5) is 18.9. The first-order valence-corrected chi connectivity index (χ1v) is 8.31. The molecule has 2 aromatic heterocycles. The van der Waals surface area contributed by atoms with Crippen LogP contribution in [0.3, 0.4) is 0 Å². The second-order valence-electron chi connectivity index (χ2n) is 5.30. The number of aryl methyl sites for hydroxylation is 1. The number of hydrogen-bond donors (Lipinski definition) is 1. The Balaban J connectivity index is 1.73. The van der Waals surface area contributed by atoms with Gasteiger partial charge in [0.25, 0.3) is 5.91 Å². The molecule has 24 heavy (non-hydrogen) atoms. The number of hydrogen-bond acceptors (Lipinski definition) is 7. The van der Waals surface area contributed by atoms with Crippen molar-refractivity contribution in [2.45, 2.75) is 13.3 Å². The minimum atomic E-state index is -0.144. The van der Waals surface area contributed by atoms with Crippen molar-refractivity contribution in [1.82, 2.24) is 15.2 Å². The van der Waals surface area contributed by atoms with Gasteiger partial charge in [0.15, 0.2) is 0 Å². The van der Waals surface area contributed by atoms with Crippen LogP contribution in [0.25, 0.3) is 11.5 Å². The number of thiazole rings is 1. The summed E-state index contributed by atoms with van der Waals surface area (Å²) in [5.41, 5.74) is 4.00. The molecule has 124 valence electrons. The van der Waals surface area contributed by atoms with E-state index in [0.29, 0.717) is 22.5 Å². The van der Waals surface area contributed by atoms with Crippen LogP contribution in [0.1, 0.15) is 22.3 Å². The molecule has 0 unspecified atom stereocenters. The predicted octanol–water partition coefficient (Wildman–Crippen LogP) is 3.07. The van der Waals surface area contributed by atoms with Gasteiger partial charge >= 0.3 is 6.01 Å². The van der Waals surface area contributed by atoms with Crippen molar-refractivity contribution in [3.63, 3.8) is 0 Å². The van der Waals surface area contributed by atoms with Crippen LogP contribution in [0.5, 0.6) is 0 Å². The van der Waals surface area contributed by atoms with E-state index in [1.807, 2.05) is 33.2 Å². The normalized spacial score (nSPS) is 10.6. The fraction of sp³-hybridized carbons (Fsp3) is 0.250. The third kappa shape index (κ3) is 3.28. The lowest BCUT2D eigenvalue weighted by Crippen LogP contribution is -2.12. The van der Waals surface area contributed by atoms with Crippen LogP contribution in [-0.2, 0) is 6.42 Å². The molecule has 2 heterocycles. The van der Waals surface area contributed by atoms with Crippen molar-refractivity contribution in [3.05, 3.63) is 40.3 Å². The minimum Gasteiger partial charge on any atom is -0.403 e. The molecule has 0 aliphatic heterocycles. The number of aromatic nitrogens is 3. The number of rotatable bonds is 5. The summed E-state index contributed by atoms with van der Waals surface area (Å²) in [7, 11) is 3.67. The fourth-order valence-corrected chi connectivity index (χ4v) is 2.88. The maximum atomic E-state index is 12.3. The summed E-state index contributed by atoms with van der Waals surface area (Å²) in [6.07, 6.45) is 0.733. The van der Waals surface area contributed by atoms with Gasteiger partial charge in [-0.05, 0) is 30.7 Å². The standard InChI is InChI=1S/C16H17N5O2S/c1-4-12-13(24-9-17-12)14(22)18-11-7-5-10(6-8-11)15-19-20-16(23-15)21(2)3/h5-9H,4H2,1-3H3,(H,18,22). The Labute approximate surface area is 143 Å². The molecule has 0 spiro atoms. The molecule has 7 nitrogen and oxygen atoms in total. The number of nitrogens with one attached hydrogen (secondary N) is 1. The second kappa shape index (κ2) is 6.79. The van der Waals surface area contributed by atoms with E-state index in [1.165, 1.54) is 11.3 Å². The highest BCUT2D eigenvalue weighted by Gasteiger charge is 2.14. The molecule has 0 aliphatic rings. The zero-order valence-corrected chi connectivity index (χ0v) is 14.4. The van der Waals surface area contributed by atoms with Gasteiger partial charge in [0.1, 0.15) is 4.88 Å². The van der Waals surface area contributed by atoms with Crippen LogP contribution in [0.2, 0.25) is 0 Å². The number of anilines is 2. The molecular weight excluding hydrogens is 326 g/mol. The van der Waals surface area contributed by atoms with Crippen LogP contribution in [0.4, 0.5) is 11.7 Å². The molecule has 1 N–H and O–H groups in total. The lowest BCUT2D eigenvalue weighted by molar-refractivity contribution is 0.102. The van der Waals surface area contributed by atoms with Crippen molar-refractivity contribution in [2.75, 3.05) is 24.3 Å². The number of carbonyl (C=O) groups is 1. The highest BCUT2D eigenvalue weighted by Crippen LogP contribution is 2.23. The Kier molecular flexibility index (Phi) is 4.57. The Hall–Kier alpha value is -2.74. The SMILES string of the molecule is CCc1ncsc1C(=O)Nc1ccc(-c2nnc(N(C)C)o2)cc1. The molecule has 0 saturated heterocycles. The molecule has 8 heteroatoms. The van der Waals surface area contributed by atoms with E-state index in [-0.39, 0.29) is 5.91 Å². The van der Waals surface area contributed by atoms with Gasteiger partial charge in [0, 0.05) is 25.3 Å². The van der Waals surface area contributed by atoms with Gasteiger partial charge in [-0.2, -0.15) is 0 Å². The van der Waals surface area contributed by atoms with Crippen LogP contribution < -0.4 is 10.2 Å². The molecule has 1 amide bonds. The molecule has 0 fully saturated rings. The van der Waals surface area contributed by atoms with E-state index < -0.39 is 0 Å². The number of amides is 1. The maximum absolute atomic E-state index is 12.3. The van der Waals surface area contributed by atoms with Gasteiger partial charge in [0.2, 0.25) is 5.89 Å². The first-order chi connectivity index (χ1) is 11.6. The van der Waals surface area contributed by atoms with E-state index in [2.05, 4.69) is 20.5 Å². The van der Waals surface area contributed by atoms with Crippen molar-refractivity contribution >= 4 is 28.9 Å². The number of carbonyl (C=O) groups excluding carboxylic acids is 1. The molecule has 0 radical (unpaired) electrons. The lowest BCUT2D eigenvalue weighted by atomic mass is 10.2. The summed E-state index contributed by atoms with van der Waals surface area (Å²) >= 11 is 1.35. The molecule has 0 saturated carbocycles. The van der Waals surface area contributed by atoms with Gasteiger partial charge < -0.3 is 14.6 Å². The predicted molar refractivity (Wildman–Crippen MR) is 93.5 cm³/mol. The van der Waals surface area contributed by atoms with Crippen molar-refractivity contribution in [2.24, 2.45) is 0 Å². The maximum Gasteiger partial charge on any atom is 0.317 e. The zero-order valence-electron chi connectivity index (χ0n) is 13.6. The van der Waals surface area contributed by atoms with Crippen molar-refractivity contribution < 1.29 is 9.21 Å². The Morgan fingerprint density at radius 1 is 1.25 bits per heavy atom. The smallest absolute Gasteiger partial charge is 0.317 e. The topological polar surface area (TPSA) is 84.2 Å². The van der Waals surface area contributed by atoms with E-state index in [4.69, 9.17) is 4.42 Å². The van der Waals surface area contributed by atoms with Crippen LogP contribution in [0, 0.1) is 0 Å². The summed E-state index contributed by atoms with van der Waals surface area (Å²) in [5, 5.41) is 10.8. The molecule has 0 atom stereocenters.